The molecule has 1 aromatic rings. The van der Waals surface area contributed by atoms with Gasteiger partial charge in [-0.05, 0) is 28.1 Å². The second kappa shape index (κ2) is 4.82. The SMILES string of the molecule is COC(=O)c1cc(N)c(OC(F)(F)F)cc1Br. The Bertz CT molecular complexity index is 448. The molecule has 0 spiro atoms. The van der Waals surface area contributed by atoms with E-state index in [-0.39, 0.29) is 15.7 Å². The Balaban J connectivity index is 3.14. The van der Waals surface area contributed by atoms with Crippen LogP contribution in [0.3, 0.4) is 0 Å². The van der Waals surface area contributed by atoms with Crippen LogP contribution in [0.4, 0.5) is 18.9 Å². The molecule has 0 saturated carbocycles. The summed E-state index contributed by atoms with van der Waals surface area (Å²) in [5, 5.41) is 0. The maximum absolute atomic E-state index is 12.0. The van der Waals surface area contributed by atoms with Crippen LogP contribution in [0.25, 0.3) is 0 Å². The average Bonchev–Trinajstić information content (AvgIpc) is 2.20. The molecule has 2 N–H and O–H groups in total. The number of alkyl halides is 3. The van der Waals surface area contributed by atoms with E-state index >= 15 is 0 Å². The molecule has 1 rings (SSSR count). The molecule has 0 amide bonds. The molecule has 0 unspecified atom stereocenters. The number of hydrogen-bond acceptors (Lipinski definition) is 4. The van der Waals surface area contributed by atoms with E-state index in [1.54, 1.807) is 0 Å². The molecular weight excluding hydrogens is 307 g/mol. The van der Waals surface area contributed by atoms with Gasteiger partial charge in [0, 0.05) is 4.47 Å². The van der Waals surface area contributed by atoms with E-state index in [1.807, 2.05) is 0 Å². The van der Waals surface area contributed by atoms with Gasteiger partial charge in [0.1, 0.15) is 0 Å². The predicted octanol–water partition coefficient (Wildman–Crippen LogP) is 2.72. The second-order valence-electron chi connectivity index (χ2n) is 2.91. The zero-order valence-electron chi connectivity index (χ0n) is 8.47. The summed E-state index contributed by atoms with van der Waals surface area (Å²) in [5.74, 6) is -1.31. The maximum Gasteiger partial charge on any atom is 0.573 e. The van der Waals surface area contributed by atoms with Gasteiger partial charge in [-0.25, -0.2) is 4.79 Å². The van der Waals surface area contributed by atoms with E-state index in [9.17, 15) is 18.0 Å². The van der Waals surface area contributed by atoms with Crippen LogP contribution in [0.5, 0.6) is 5.75 Å². The average molecular weight is 314 g/mol. The number of nitrogens with two attached hydrogens (primary N) is 1. The smallest absolute Gasteiger partial charge is 0.465 e. The second-order valence-corrected chi connectivity index (χ2v) is 3.76. The zero-order chi connectivity index (χ0) is 13.2. The molecule has 0 bridgehead atoms. The van der Waals surface area contributed by atoms with E-state index in [4.69, 9.17) is 5.73 Å². The van der Waals surface area contributed by atoms with Gasteiger partial charge in [-0.1, -0.05) is 0 Å². The normalized spacial score (nSPS) is 11.1. The van der Waals surface area contributed by atoms with Gasteiger partial charge in [0.2, 0.25) is 0 Å². The number of anilines is 1. The van der Waals surface area contributed by atoms with Gasteiger partial charge < -0.3 is 15.2 Å². The highest BCUT2D eigenvalue weighted by Gasteiger charge is 2.32. The minimum absolute atomic E-state index is 0.0134. The Kier molecular flexibility index (Phi) is 3.87. The molecule has 0 heterocycles. The van der Waals surface area contributed by atoms with Gasteiger partial charge in [-0.15, -0.1) is 13.2 Å². The molecule has 0 atom stereocenters. The highest BCUT2D eigenvalue weighted by Crippen LogP contribution is 2.33. The Morgan fingerprint density at radius 2 is 2.00 bits per heavy atom. The molecule has 4 nitrogen and oxygen atoms in total. The van der Waals surface area contributed by atoms with Crippen molar-refractivity contribution in [2.75, 3.05) is 12.8 Å². The number of hydrogen-bond donors (Lipinski definition) is 1. The summed E-state index contributed by atoms with van der Waals surface area (Å²) in [6.07, 6.45) is -4.85. The molecule has 0 aliphatic rings. The van der Waals surface area contributed by atoms with Crippen LogP contribution in [0.15, 0.2) is 16.6 Å². The molecule has 0 aromatic heterocycles. The number of ether oxygens (including phenoxy) is 2. The first-order valence-corrected chi connectivity index (χ1v) is 4.97. The highest BCUT2D eigenvalue weighted by molar-refractivity contribution is 9.10. The molecule has 1 aromatic carbocycles. The fourth-order valence-electron chi connectivity index (χ4n) is 1.05. The van der Waals surface area contributed by atoms with Crippen LogP contribution < -0.4 is 10.5 Å². The lowest BCUT2D eigenvalue weighted by molar-refractivity contribution is -0.274. The molecule has 17 heavy (non-hydrogen) atoms. The number of carbonyl (C=O) groups is 1. The summed E-state index contributed by atoms with van der Waals surface area (Å²) in [5.41, 5.74) is 5.04. The highest BCUT2D eigenvalue weighted by atomic mass is 79.9. The third-order valence-electron chi connectivity index (χ3n) is 1.73. The summed E-state index contributed by atoms with van der Waals surface area (Å²) in [4.78, 5) is 11.2. The summed E-state index contributed by atoms with van der Waals surface area (Å²) in [7, 11) is 1.14. The Hall–Kier alpha value is -1.44. The molecule has 8 heteroatoms. The van der Waals surface area contributed by atoms with Crippen molar-refractivity contribution in [3.8, 4) is 5.75 Å². The number of carbonyl (C=O) groups excluding carboxylic acids is 1. The van der Waals surface area contributed by atoms with Crippen LogP contribution >= 0.6 is 15.9 Å². The summed E-state index contributed by atoms with van der Waals surface area (Å²) in [6, 6.07) is 1.99. The van der Waals surface area contributed by atoms with Gasteiger partial charge in [-0.2, -0.15) is 0 Å². The van der Waals surface area contributed by atoms with Gasteiger partial charge in [0.25, 0.3) is 0 Å². The molecule has 94 valence electrons. The Morgan fingerprint density at radius 3 is 2.47 bits per heavy atom. The molecule has 0 fully saturated rings. The van der Waals surface area contributed by atoms with Crippen molar-refractivity contribution in [1.29, 1.82) is 0 Å². The van der Waals surface area contributed by atoms with E-state index < -0.39 is 18.1 Å². The topological polar surface area (TPSA) is 61.5 Å². The monoisotopic (exact) mass is 313 g/mol. The zero-order valence-corrected chi connectivity index (χ0v) is 10.1. The number of benzene rings is 1. The quantitative estimate of drug-likeness (QED) is 0.673. The lowest BCUT2D eigenvalue weighted by Crippen LogP contribution is -2.18. The first-order chi connectivity index (χ1) is 7.74. The van der Waals surface area contributed by atoms with Crippen molar-refractivity contribution < 1.29 is 27.4 Å². The number of methoxy groups -OCH3 is 1. The Morgan fingerprint density at radius 1 is 1.41 bits per heavy atom. The van der Waals surface area contributed by atoms with Crippen LogP contribution in [0.2, 0.25) is 0 Å². The van der Waals surface area contributed by atoms with Gasteiger partial charge in [0.05, 0.1) is 18.4 Å². The van der Waals surface area contributed by atoms with Gasteiger partial charge >= 0.3 is 12.3 Å². The third kappa shape index (κ3) is 3.52. The van der Waals surface area contributed by atoms with Crippen LogP contribution in [-0.2, 0) is 4.74 Å². The van der Waals surface area contributed by atoms with Crippen molar-refractivity contribution in [2.45, 2.75) is 6.36 Å². The largest absolute Gasteiger partial charge is 0.573 e. The number of rotatable bonds is 2. The van der Waals surface area contributed by atoms with Crippen molar-refractivity contribution in [3.63, 3.8) is 0 Å². The van der Waals surface area contributed by atoms with Crippen molar-refractivity contribution in [1.82, 2.24) is 0 Å². The molecule has 0 saturated heterocycles. The fourth-order valence-corrected chi connectivity index (χ4v) is 1.54. The van der Waals surface area contributed by atoms with Crippen molar-refractivity contribution >= 4 is 27.6 Å². The Labute approximate surface area is 103 Å². The van der Waals surface area contributed by atoms with E-state index in [2.05, 4.69) is 25.4 Å². The number of halogens is 4. The lowest BCUT2D eigenvalue weighted by atomic mass is 10.2. The van der Waals surface area contributed by atoms with Crippen LogP contribution in [0, 0.1) is 0 Å². The van der Waals surface area contributed by atoms with Gasteiger partial charge in [0.15, 0.2) is 5.75 Å². The minimum Gasteiger partial charge on any atom is -0.465 e. The molecule has 0 aliphatic carbocycles. The minimum atomic E-state index is -4.85. The number of nitrogen functional groups attached to an aromatic ring is 1. The van der Waals surface area contributed by atoms with Gasteiger partial charge in [-0.3, -0.25) is 0 Å². The van der Waals surface area contributed by atoms with E-state index in [1.165, 1.54) is 0 Å². The summed E-state index contributed by atoms with van der Waals surface area (Å²) in [6.45, 7) is 0. The molecule has 0 aliphatic heterocycles. The van der Waals surface area contributed by atoms with E-state index in [0.29, 0.717) is 0 Å². The summed E-state index contributed by atoms with van der Waals surface area (Å²) >= 11 is 2.93. The summed E-state index contributed by atoms with van der Waals surface area (Å²) < 4.78 is 44.2. The van der Waals surface area contributed by atoms with Crippen LogP contribution in [-0.4, -0.2) is 19.4 Å². The first-order valence-electron chi connectivity index (χ1n) is 4.17. The fraction of sp³-hybridized carbons (Fsp3) is 0.222. The predicted molar refractivity (Wildman–Crippen MR) is 56.6 cm³/mol. The van der Waals surface area contributed by atoms with Crippen LogP contribution in [0.1, 0.15) is 10.4 Å². The lowest BCUT2D eigenvalue weighted by Gasteiger charge is -2.12. The third-order valence-corrected chi connectivity index (χ3v) is 2.39. The molecular formula is C9H7BrF3NO3. The van der Waals surface area contributed by atoms with E-state index in [0.717, 1.165) is 19.2 Å². The first kappa shape index (κ1) is 13.6. The number of esters is 1. The standard InChI is InChI=1S/C9H7BrF3NO3/c1-16-8(15)4-2-6(14)7(3-5(4)10)17-9(11,12)13/h2-3H,14H2,1H3. The van der Waals surface area contributed by atoms with Crippen molar-refractivity contribution in [3.05, 3.63) is 22.2 Å². The molecule has 0 radical (unpaired) electrons. The maximum atomic E-state index is 12.0. The van der Waals surface area contributed by atoms with Crippen molar-refractivity contribution in [2.24, 2.45) is 0 Å².